The number of β-amino-alcohol motifs (C(OH)–C–C–N with tert-alkyl or cyclic N) is 1. The largest absolute Gasteiger partial charge is 0.395 e. The summed E-state index contributed by atoms with van der Waals surface area (Å²) in [5, 5.41) is 38.9. The first-order valence-corrected chi connectivity index (χ1v) is 8.48. The molecule has 0 aliphatic carbocycles. The molecule has 2 rings (SSSR count). The highest BCUT2D eigenvalue weighted by atomic mass is 16.4. The van der Waals surface area contributed by atoms with Crippen LogP contribution in [0.15, 0.2) is 30.3 Å². The van der Waals surface area contributed by atoms with Gasteiger partial charge in [0.05, 0.1) is 18.8 Å². The summed E-state index contributed by atoms with van der Waals surface area (Å²) in [6, 6.07) is 9.92. The van der Waals surface area contributed by atoms with Crippen LogP contribution in [0, 0.1) is 0 Å². The molecule has 4 N–H and O–H groups in total. The lowest BCUT2D eigenvalue weighted by Crippen LogP contribution is -2.62. The Kier molecular flexibility index (Phi) is 6.99. The summed E-state index contributed by atoms with van der Waals surface area (Å²) < 4.78 is 0. The third-order valence-electron chi connectivity index (χ3n) is 4.92. The van der Waals surface area contributed by atoms with Gasteiger partial charge >= 0.3 is 0 Å². The summed E-state index contributed by atoms with van der Waals surface area (Å²) in [7, 11) is 0. The smallest absolute Gasteiger partial charge is 0.109 e. The number of likely N-dealkylation sites (tertiary alicyclic amines) is 1. The summed E-state index contributed by atoms with van der Waals surface area (Å²) in [4.78, 5) is 1.88. The number of hydrogen-bond donors (Lipinski definition) is 4. The molecule has 0 radical (unpaired) electrons. The average molecular weight is 323 g/mol. The first kappa shape index (κ1) is 18.4. The number of rotatable bonds is 7. The molecule has 23 heavy (non-hydrogen) atoms. The van der Waals surface area contributed by atoms with E-state index in [1.807, 2.05) is 11.0 Å². The number of aliphatic hydroxyl groups excluding tert-OH is 4. The standard InChI is InChI=1S/C18H29NO4/c1-13(14-8-3-2-4-9-14)7-5-6-10-19-11-16(21)18(23)17(22)15(19)12-20/h2-4,8-9,13,15-18,20-23H,5-7,10-12H2,1H3/t13?,15-,16+,17-,18-/m1/s1. The molecule has 1 heterocycles. The minimum absolute atomic E-state index is 0.217. The van der Waals surface area contributed by atoms with Crippen molar-refractivity contribution in [3.63, 3.8) is 0 Å². The molecule has 0 amide bonds. The second-order valence-electron chi connectivity index (χ2n) is 6.60. The molecule has 1 aromatic rings. The molecule has 0 saturated carbocycles. The van der Waals surface area contributed by atoms with Gasteiger partial charge in [-0.3, -0.25) is 4.90 Å². The van der Waals surface area contributed by atoms with Gasteiger partial charge < -0.3 is 20.4 Å². The number of aliphatic hydroxyl groups is 4. The van der Waals surface area contributed by atoms with Crippen molar-refractivity contribution in [3.8, 4) is 0 Å². The van der Waals surface area contributed by atoms with Crippen molar-refractivity contribution in [1.29, 1.82) is 0 Å². The van der Waals surface area contributed by atoms with Gasteiger partial charge in [-0.2, -0.15) is 0 Å². The van der Waals surface area contributed by atoms with Crippen LogP contribution in [0.25, 0.3) is 0 Å². The molecule has 1 aliphatic heterocycles. The van der Waals surface area contributed by atoms with E-state index in [9.17, 15) is 20.4 Å². The van der Waals surface area contributed by atoms with Crippen LogP contribution < -0.4 is 0 Å². The maximum atomic E-state index is 9.96. The van der Waals surface area contributed by atoms with Crippen molar-refractivity contribution < 1.29 is 20.4 Å². The summed E-state index contributed by atoms with van der Waals surface area (Å²) in [5.41, 5.74) is 1.34. The van der Waals surface area contributed by atoms with Crippen LogP contribution in [0.4, 0.5) is 0 Å². The quantitative estimate of drug-likeness (QED) is 0.556. The van der Waals surface area contributed by atoms with E-state index in [1.54, 1.807) is 0 Å². The molecule has 5 heteroatoms. The third kappa shape index (κ3) is 4.75. The Morgan fingerprint density at radius 2 is 1.78 bits per heavy atom. The van der Waals surface area contributed by atoms with Gasteiger partial charge in [0.1, 0.15) is 12.2 Å². The number of nitrogens with zero attached hydrogens (tertiary/aromatic N) is 1. The molecule has 0 bridgehead atoms. The monoisotopic (exact) mass is 323 g/mol. The topological polar surface area (TPSA) is 84.2 Å². The number of benzene rings is 1. The SMILES string of the molecule is CC(CCCCN1C[C@H](O)[C@@H](O)[C@H](O)[C@H]1CO)c1ccccc1. The minimum atomic E-state index is -1.18. The van der Waals surface area contributed by atoms with E-state index in [0.717, 1.165) is 19.3 Å². The van der Waals surface area contributed by atoms with E-state index >= 15 is 0 Å². The van der Waals surface area contributed by atoms with E-state index < -0.39 is 24.4 Å². The fourth-order valence-electron chi connectivity index (χ4n) is 3.35. The van der Waals surface area contributed by atoms with Crippen LogP contribution in [0.1, 0.15) is 37.7 Å². The molecular weight excluding hydrogens is 294 g/mol. The highest BCUT2D eigenvalue weighted by Gasteiger charge is 2.40. The highest BCUT2D eigenvalue weighted by Crippen LogP contribution is 2.23. The van der Waals surface area contributed by atoms with Crippen LogP contribution in [0.2, 0.25) is 0 Å². The van der Waals surface area contributed by atoms with Gasteiger partial charge in [0.15, 0.2) is 0 Å². The summed E-state index contributed by atoms with van der Waals surface area (Å²) in [6.45, 7) is 2.99. The van der Waals surface area contributed by atoms with Crippen molar-refractivity contribution in [3.05, 3.63) is 35.9 Å². The van der Waals surface area contributed by atoms with E-state index in [1.165, 1.54) is 5.56 Å². The molecule has 1 aliphatic rings. The van der Waals surface area contributed by atoms with Crippen molar-refractivity contribution in [2.24, 2.45) is 0 Å². The van der Waals surface area contributed by atoms with Crippen LogP contribution in [0.3, 0.4) is 0 Å². The van der Waals surface area contributed by atoms with Crippen LogP contribution in [0.5, 0.6) is 0 Å². The molecule has 130 valence electrons. The second kappa shape index (κ2) is 8.76. The van der Waals surface area contributed by atoms with Gasteiger partial charge in [-0.15, -0.1) is 0 Å². The lowest BCUT2D eigenvalue weighted by molar-refractivity contribution is -0.145. The summed E-state index contributed by atoms with van der Waals surface area (Å²) >= 11 is 0. The van der Waals surface area contributed by atoms with E-state index in [-0.39, 0.29) is 13.2 Å². The molecule has 5 nitrogen and oxygen atoms in total. The van der Waals surface area contributed by atoms with E-state index in [0.29, 0.717) is 12.5 Å². The molecule has 1 saturated heterocycles. The Hall–Kier alpha value is -0.980. The molecule has 1 unspecified atom stereocenters. The van der Waals surface area contributed by atoms with Crippen molar-refractivity contribution in [2.75, 3.05) is 19.7 Å². The Bertz CT molecular complexity index is 456. The van der Waals surface area contributed by atoms with Gasteiger partial charge in [0.2, 0.25) is 0 Å². The zero-order valence-electron chi connectivity index (χ0n) is 13.8. The highest BCUT2D eigenvalue weighted by molar-refractivity contribution is 5.18. The average Bonchev–Trinajstić information content (AvgIpc) is 2.57. The first-order valence-electron chi connectivity index (χ1n) is 8.48. The maximum absolute atomic E-state index is 9.96. The Labute approximate surface area is 138 Å². The number of piperidine rings is 1. The Balaban J connectivity index is 1.76. The number of unbranched alkanes of at least 4 members (excludes halogenated alkanes) is 1. The molecule has 1 fully saturated rings. The summed E-state index contributed by atoms with van der Waals surface area (Å²) in [5.74, 6) is 0.504. The fraction of sp³-hybridized carbons (Fsp3) is 0.667. The Morgan fingerprint density at radius 3 is 2.43 bits per heavy atom. The van der Waals surface area contributed by atoms with E-state index in [2.05, 4.69) is 31.2 Å². The zero-order chi connectivity index (χ0) is 16.8. The van der Waals surface area contributed by atoms with Crippen LogP contribution in [-0.2, 0) is 0 Å². The lowest BCUT2D eigenvalue weighted by atomic mass is 9.93. The Morgan fingerprint density at radius 1 is 1.09 bits per heavy atom. The first-order chi connectivity index (χ1) is 11.0. The predicted molar refractivity (Wildman–Crippen MR) is 89.2 cm³/mol. The predicted octanol–water partition coefficient (Wildman–Crippen LogP) is 0.720. The fourth-order valence-corrected chi connectivity index (χ4v) is 3.35. The molecule has 0 spiro atoms. The van der Waals surface area contributed by atoms with Crippen LogP contribution in [-0.4, -0.2) is 69.4 Å². The van der Waals surface area contributed by atoms with Gasteiger partial charge in [0.25, 0.3) is 0 Å². The molecule has 0 aromatic heterocycles. The van der Waals surface area contributed by atoms with Gasteiger partial charge in [-0.05, 0) is 30.9 Å². The third-order valence-corrected chi connectivity index (χ3v) is 4.92. The van der Waals surface area contributed by atoms with E-state index in [4.69, 9.17) is 0 Å². The summed E-state index contributed by atoms with van der Waals surface area (Å²) in [6.07, 6.45) is -0.192. The molecule has 5 atom stereocenters. The van der Waals surface area contributed by atoms with Crippen LogP contribution >= 0.6 is 0 Å². The van der Waals surface area contributed by atoms with Crippen molar-refractivity contribution in [2.45, 2.75) is 56.5 Å². The van der Waals surface area contributed by atoms with Gasteiger partial charge in [-0.25, -0.2) is 0 Å². The zero-order valence-corrected chi connectivity index (χ0v) is 13.8. The number of hydrogen-bond acceptors (Lipinski definition) is 5. The molecular formula is C18H29NO4. The maximum Gasteiger partial charge on any atom is 0.109 e. The molecule has 1 aromatic carbocycles. The lowest BCUT2D eigenvalue weighted by Gasteiger charge is -2.43. The van der Waals surface area contributed by atoms with Gasteiger partial charge in [-0.1, -0.05) is 43.7 Å². The minimum Gasteiger partial charge on any atom is -0.395 e. The second-order valence-corrected chi connectivity index (χ2v) is 6.60. The normalized spacial score (nSPS) is 30.3. The van der Waals surface area contributed by atoms with Crippen molar-refractivity contribution in [1.82, 2.24) is 4.90 Å². The van der Waals surface area contributed by atoms with Crippen molar-refractivity contribution >= 4 is 0 Å². The van der Waals surface area contributed by atoms with Gasteiger partial charge in [0, 0.05) is 6.54 Å².